The molecule has 21 heavy (non-hydrogen) atoms. The van der Waals surface area contributed by atoms with Crippen LogP contribution in [0, 0.1) is 0 Å². The number of carbonyl (C=O) groups excluding carboxylic acids is 1. The Balaban J connectivity index is 1.89. The molecule has 0 N–H and O–H groups in total. The molecule has 0 atom stereocenters. The van der Waals surface area contributed by atoms with Crippen LogP contribution in [0.25, 0.3) is 0 Å². The monoisotopic (exact) mass is 289 g/mol. The fourth-order valence-corrected chi connectivity index (χ4v) is 2.69. The normalized spacial score (nSPS) is 16.3. The van der Waals surface area contributed by atoms with Crippen LogP contribution in [0.2, 0.25) is 0 Å². The van der Waals surface area contributed by atoms with Gasteiger partial charge in [-0.1, -0.05) is 38.1 Å². The van der Waals surface area contributed by atoms with Gasteiger partial charge in [-0.15, -0.1) is 0 Å². The van der Waals surface area contributed by atoms with Crippen molar-refractivity contribution >= 4 is 6.03 Å². The first-order valence-corrected chi connectivity index (χ1v) is 7.75. The van der Waals surface area contributed by atoms with Crippen molar-refractivity contribution < 1.29 is 4.79 Å². The third-order valence-electron chi connectivity index (χ3n) is 4.05. The van der Waals surface area contributed by atoms with E-state index < -0.39 is 0 Å². The summed E-state index contributed by atoms with van der Waals surface area (Å²) in [4.78, 5) is 17.9. The predicted molar refractivity (Wildman–Crippen MR) is 86.5 cm³/mol. The molecule has 0 bridgehead atoms. The first kappa shape index (κ1) is 15.8. The number of piperazine rings is 1. The molecule has 0 unspecified atom stereocenters. The summed E-state index contributed by atoms with van der Waals surface area (Å²) < 4.78 is 0. The zero-order valence-electron chi connectivity index (χ0n) is 13.7. The number of amides is 2. The zero-order valence-corrected chi connectivity index (χ0v) is 13.7. The van der Waals surface area contributed by atoms with E-state index in [1.807, 2.05) is 19.0 Å². The van der Waals surface area contributed by atoms with Crippen LogP contribution < -0.4 is 0 Å². The predicted octanol–water partition coefficient (Wildman–Crippen LogP) is 2.61. The quantitative estimate of drug-likeness (QED) is 0.855. The third kappa shape index (κ3) is 4.21. The molecule has 2 amide bonds. The van der Waals surface area contributed by atoms with Crippen LogP contribution in [0.5, 0.6) is 0 Å². The number of hydrogen-bond acceptors (Lipinski definition) is 2. The van der Waals surface area contributed by atoms with Gasteiger partial charge in [0, 0.05) is 46.8 Å². The van der Waals surface area contributed by atoms with Crippen molar-refractivity contribution in [1.29, 1.82) is 0 Å². The standard InChI is InChI=1S/C17H27N3O/c1-14(2)16-7-5-6-15(12-16)13-19-8-10-20(11-9-19)17(21)18(3)4/h5-7,12,14H,8-11,13H2,1-4H3. The van der Waals surface area contributed by atoms with Crippen LogP contribution in [0.15, 0.2) is 24.3 Å². The van der Waals surface area contributed by atoms with Gasteiger partial charge < -0.3 is 9.80 Å². The Morgan fingerprint density at radius 3 is 2.43 bits per heavy atom. The van der Waals surface area contributed by atoms with Gasteiger partial charge in [-0.25, -0.2) is 4.79 Å². The fourth-order valence-electron chi connectivity index (χ4n) is 2.69. The first-order chi connectivity index (χ1) is 9.97. The molecule has 1 aromatic carbocycles. The second kappa shape index (κ2) is 6.94. The number of hydrogen-bond donors (Lipinski definition) is 0. The van der Waals surface area contributed by atoms with Crippen LogP contribution in [-0.2, 0) is 6.54 Å². The topological polar surface area (TPSA) is 26.8 Å². The SMILES string of the molecule is CC(C)c1cccc(CN2CCN(C(=O)N(C)C)CC2)c1. The third-order valence-corrected chi connectivity index (χ3v) is 4.05. The summed E-state index contributed by atoms with van der Waals surface area (Å²) in [5.74, 6) is 0.569. The number of benzene rings is 1. The van der Waals surface area contributed by atoms with E-state index in [0.717, 1.165) is 32.7 Å². The van der Waals surface area contributed by atoms with Gasteiger partial charge in [-0.2, -0.15) is 0 Å². The number of nitrogens with zero attached hydrogens (tertiary/aromatic N) is 3. The summed E-state index contributed by atoms with van der Waals surface area (Å²) in [6.07, 6.45) is 0. The highest BCUT2D eigenvalue weighted by atomic mass is 16.2. The lowest BCUT2D eigenvalue weighted by Crippen LogP contribution is -2.51. The first-order valence-electron chi connectivity index (χ1n) is 7.75. The minimum Gasteiger partial charge on any atom is -0.331 e. The molecule has 0 spiro atoms. The second-order valence-corrected chi connectivity index (χ2v) is 6.34. The van der Waals surface area contributed by atoms with Crippen molar-refractivity contribution in [2.75, 3.05) is 40.3 Å². The van der Waals surface area contributed by atoms with E-state index in [0.29, 0.717) is 5.92 Å². The summed E-state index contributed by atoms with van der Waals surface area (Å²) in [6, 6.07) is 8.97. The van der Waals surface area contributed by atoms with Crippen molar-refractivity contribution in [2.45, 2.75) is 26.3 Å². The van der Waals surface area contributed by atoms with Crippen molar-refractivity contribution in [3.63, 3.8) is 0 Å². The van der Waals surface area contributed by atoms with Crippen LogP contribution in [-0.4, -0.2) is 61.0 Å². The molecule has 1 aliphatic heterocycles. The largest absolute Gasteiger partial charge is 0.331 e. The van der Waals surface area contributed by atoms with Crippen molar-refractivity contribution in [1.82, 2.24) is 14.7 Å². The van der Waals surface area contributed by atoms with E-state index in [4.69, 9.17) is 0 Å². The van der Waals surface area contributed by atoms with Crippen molar-refractivity contribution in [3.8, 4) is 0 Å². The minimum atomic E-state index is 0.122. The van der Waals surface area contributed by atoms with Crippen LogP contribution >= 0.6 is 0 Å². The van der Waals surface area contributed by atoms with E-state index in [2.05, 4.69) is 43.0 Å². The Bertz CT molecular complexity index is 477. The maximum absolute atomic E-state index is 11.9. The molecule has 0 aromatic heterocycles. The summed E-state index contributed by atoms with van der Waals surface area (Å²) >= 11 is 0. The van der Waals surface area contributed by atoms with Gasteiger partial charge in [-0.3, -0.25) is 4.90 Å². The average Bonchev–Trinajstić information content (AvgIpc) is 2.47. The number of rotatable bonds is 3. The lowest BCUT2D eigenvalue weighted by molar-refractivity contribution is 0.120. The molecular formula is C17H27N3O. The summed E-state index contributed by atoms with van der Waals surface area (Å²) in [5.41, 5.74) is 2.77. The maximum Gasteiger partial charge on any atom is 0.319 e. The zero-order chi connectivity index (χ0) is 15.4. The minimum absolute atomic E-state index is 0.122. The molecule has 0 aliphatic carbocycles. The van der Waals surface area contributed by atoms with Gasteiger partial charge >= 0.3 is 6.03 Å². The van der Waals surface area contributed by atoms with Crippen molar-refractivity contribution in [2.24, 2.45) is 0 Å². The van der Waals surface area contributed by atoms with Crippen LogP contribution in [0.4, 0.5) is 4.79 Å². The van der Waals surface area contributed by atoms with Gasteiger partial charge in [0.2, 0.25) is 0 Å². The van der Waals surface area contributed by atoms with Gasteiger partial charge in [0.1, 0.15) is 0 Å². The molecule has 0 saturated carbocycles. The molecule has 2 rings (SSSR count). The molecule has 4 nitrogen and oxygen atoms in total. The second-order valence-electron chi connectivity index (χ2n) is 6.34. The fraction of sp³-hybridized carbons (Fsp3) is 0.588. The molecule has 1 aliphatic rings. The van der Waals surface area contributed by atoms with E-state index in [-0.39, 0.29) is 6.03 Å². The molecule has 1 fully saturated rings. The summed E-state index contributed by atoms with van der Waals surface area (Å²) in [6.45, 7) is 8.97. The Kier molecular flexibility index (Phi) is 5.23. The Labute approximate surface area is 128 Å². The molecule has 1 aromatic rings. The molecule has 1 saturated heterocycles. The number of urea groups is 1. The summed E-state index contributed by atoms with van der Waals surface area (Å²) in [5, 5.41) is 0. The molecule has 4 heteroatoms. The Hall–Kier alpha value is -1.55. The average molecular weight is 289 g/mol. The van der Waals surface area contributed by atoms with E-state index >= 15 is 0 Å². The van der Waals surface area contributed by atoms with Crippen molar-refractivity contribution in [3.05, 3.63) is 35.4 Å². The van der Waals surface area contributed by atoms with E-state index in [1.165, 1.54) is 11.1 Å². The highest BCUT2D eigenvalue weighted by Gasteiger charge is 2.22. The lowest BCUT2D eigenvalue weighted by atomic mass is 10.0. The van der Waals surface area contributed by atoms with Gasteiger partial charge in [0.25, 0.3) is 0 Å². The Morgan fingerprint density at radius 1 is 1.19 bits per heavy atom. The van der Waals surface area contributed by atoms with Gasteiger partial charge in [0.15, 0.2) is 0 Å². The molecule has 1 heterocycles. The molecule has 0 radical (unpaired) electrons. The molecule has 116 valence electrons. The van der Waals surface area contributed by atoms with Crippen LogP contribution in [0.1, 0.15) is 30.9 Å². The molecular weight excluding hydrogens is 262 g/mol. The van der Waals surface area contributed by atoms with Gasteiger partial charge in [0.05, 0.1) is 0 Å². The van der Waals surface area contributed by atoms with E-state index in [1.54, 1.807) is 4.90 Å². The van der Waals surface area contributed by atoms with Crippen LogP contribution in [0.3, 0.4) is 0 Å². The smallest absolute Gasteiger partial charge is 0.319 e. The lowest BCUT2D eigenvalue weighted by Gasteiger charge is -2.36. The van der Waals surface area contributed by atoms with E-state index in [9.17, 15) is 4.79 Å². The Morgan fingerprint density at radius 2 is 1.86 bits per heavy atom. The highest BCUT2D eigenvalue weighted by molar-refractivity contribution is 5.73. The maximum atomic E-state index is 11.9. The van der Waals surface area contributed by atoms with Gasteiger partial charge in [-0.05, 0) is 17.0 Å². The number of carbonyl (C=O) groups is 1. The highest BCUT2D eigenvalue weighted by Crippen LogP contribution is 2.17. The summed E-state index contributed by atoms with van der Waals surface area (Å²) in [7, 11) is 3.62.